The predicted octanol–water partition coefficient (Wildman–Crippen LogP) is 4.14. The third kappa shape index (κ3) is 2.78. The van der Waals surface area contributed by atoms with Crippen LogP contribution in [0.25, 0.3) is 0 Å². The van der Waals surface area contributed by atoms with Crippen LogP contribution in [-0.4, -0.2) is 7.05 Å². The Morgan fingerprint density at radius 2 is 1.95 bits per heavy atom. The summed E-state index contributed by atoms with van der Waals surface area (Å²) in [5.74, 6) is -1.28. The Bertz CT molecular complexity index is 620. The zero-order chi connectivity index (χ0) is 14.0. The summed E-state index contributed by atoms with van der Waals surface area (Å²) in [6.07, 6.45) is 0. The summed E-state index contributed by atoms with van der Waals surface area (Å²) in [6, 6.07) is 6.56. The second-order valence-corrected chi connectivity index (χ2v) is 4.62. The number of nitrogen functional groups attached to an aromatic ring is 1. The molecule has 0 spiro atoms. The lowest BCUT2D eigenvalue weighted by molar-refractivity contribution is 0.437. The van der Waals surface area contributed by atoms with E-state index in [-0.39, 0.29) is 11.5 Å². The fourth-order valence-corrected chi connectivity index (χ4v) is 1.99. The van der Waals surface area contributed by atoms with E-state index in [0.717, 1.165) is 12.1 Å². The molecule has 19 heavy (non-hydrogen) atoms. The van der Waals surface area contributed by atoms with Crippen LogP contribution in [0.4, 0.5) is 20.2 Å². The predicted molar refractivity (Wildman–Crippen MR) is 74.5 cm³/mol. The first-order chi connectivity index (χ1) is 9.02. The molecule has 2 rings (SSSR count). The van der Waals surface area contributed by atoms with Gasteiger partial charge in [0.1, 0.15) is 5.82 Å². The first-order valence-corrected chi connectivity index (χ1v) is 6.21. The highest BCUT2D eigenvalue weighted by Gasteiger charge is 2.13. The Kier molecular flexibility index (Phi) is 3.90. The topological polar surface area (TPSA) is 47.3 Å². The number of hydrogen-bond donors (Lipinski definition) is 2. The zero-order valence-corrected chi connectivity index (χ0v) is 11.6. The van der Waals surface area contributed by atoms with Crippen molar-refractivity contribution in [3.8, 4) is 11.5 Å². The molecule has 0 unspecified atom stereocenters. The fourth-order valence-electron chi connectivity index (χ4n) is 1.56. The first kappa shape index (κ1) is 13.6. The third-order valence-corrected chi connectivity index (χ3v) is 3.15. The Hall–Kier alpha value is -1.82. The van der Waals surface area contributed by atoms with Crippen molar-refractivity contribution in [2.75, 3.05) is 18.1 Å². The standard InChI is InChI=1S/C13H11BrF2N2O/c1-18-10-4-3-8(14)13(12(10)17)19-11-5-2-7(15)6-9(11)16/h2-6,18H,17H2,1H3. The van der Waals surface area contributed by atoms with E-state index >= 15 is 0 Å². The second-order valence-electron chi connectivity index (χ2n) is 3.76. The van der Waals surface area contributed by atoms with Gasteiger partial charge in [-0.25, -0.2) is 8.78 Å². The average Bonchev–Trinajstić information content (AvgIpc) is 2.37. The van der Waals surface area contributed by atoms with Crippen molar-refractivity contribution in [3.05, 3.63) is 46.4 Å². The molecule has 0 saturated carbocycles. The van der Waals surface area contributed by atoms with E-state index in [1.165, 1.54) is 6.07 Å². The number of nitrogens with one attached hydrogen (secondary N) is 1. The highest BCUT2D eigenvalue weighted by atomic mass is 79.9. The van der Waals surface area contributed by atoms with E-state index in [4.69, 9.17) is 10.5 Å². The average molecular weight is 329 g/mol. The van der Waals surface area contributed by atoms with Crippen LogP contribution < -0.4 is 15.8 Å². The van der Waals surface area contributed by atoms with Gasteiger partial charge in [0.15, 0.2) is 17.3 Å². The summed E-state index contributed by atoms with van der Waals surface area (Å²) in [6.45, 7) is 0. The van der Waals surface area contributed by atoms with E-state index in [2.05, 4.69) is 21.2 Å². The fraction of sp³-hybridized carbons (Fsp3) is 0.0769. The maximum absolute atomic E-state index is 13.5. The second kappa shape index (κ2) is 5.44. The summed E-state index contributed by atoms with van der Waals surface area (Å²) >= 11 is 3.28. The minimum absolute atomic E-state index is 0.0953. The van der Waals surface area contributed by atoms with Gasteiger partial charge < -0.3 is 15.8 Å². The van der Waals surface area contributed by atoms with Crippen LogP contribution in [0.15, 0.2) is 34.8 Å². The van der Waals surface area contributed by atoms with Crippen molar-refractivity contribution in [1.29, 1.82) is 0 Å². The molecule has 0 heterocycles. The number of halogens is 3. The van der Waals surface area contributed by atoms with Gasteiger partial charge in [-0.1, -0.05) is 0 Å². The van der Waals surface area contributed by atoms with Crippen molar-refractivity contribution in [1.82, 2.24) is 0 Å². The summed E-state index contributed by atoms with van der Waals surface area (Å²) in [5, 5.41) is 2.89. The summed E-state index contributed by atoms with van der Waals surface area (Å²) in [4.78, 5) is 0. The van der Waals surface area contributed by atoms with Gasteiger partial charge in [-0.05, 0) is 40.2 Å². The van der Waals surface area contributed by atoms with E-state index < -0.39 is 11.6 Å². The number of benzene rings is 2. The van der Waals surface area contributed by atoms with Crippen molar-refractivity contribution in [3.63, 3.8) is 0 Å². The van der Waals surface area contributed by atoms with Crippen LogP contribution in [0, 0.1) is 11.6 Å². The van der Waals surface area contributed by atoms with Crippen molar-refractivity contribution in [2.45, 2.75) is 0 Å². The van der Waals surface area contributed by atoms with Crippen molar-refractivity contribution >= 4 is 27.3 Å². The number of anilines is 2. The van der Waals surface area contributed by atoms with Crippen LogP contribution >= 0.6 is 15.9 Å². The summed E-state index contributed by atoms with van der Waals surface area (Å²) in [7, 11) is 1.71. The molecule has 0 saturated heterocycles. The number of hydrogen-bond acceptors (Lipinski definition) is 3. The molecular formula is C13H11BrF2N2O. The molecule has 0 aliphatic rings. The maximum atomic E-state index is 13.5. The third-order valence-electron chi connectivity index (χ3n) is 2.52. The molecule has 3 N–H and O–H groups in total. The Morgan fingerprint density at radius 1 is 1.21 bits per heavy atom. The van der Waals surface area contributed by atoms with Crippen LogP contribution in [0.3, 0.4) is 0 Å². The van der Waals surface area contributed by atoms with Gasteiger partial charge in [0.2, 0.25) is 0 Å². The number of ether oxygens (including phenoxy) is 1. The van der Waals surface area contributed by atoms with Crippen LogP contribution in [0.1, 0.15) is 0 Å². The van der Waals surface area contributed by atoms with Gasteiger partial charge in [0.25, 0.3) is 0 Å². The molecule has 3 nitrogen and oxygen atoms in total. The SMILES string of the molecule is CNc1ccc(Br)c(Oc2ccc(F)cc2F)c1N. The highest BCUT2D eigenvalue weighted by Crippen LogP contribution is 2.40. The molecular weight excluding hydrogens is 318 g/mol. The van der Waals surface area contributed by atoms with Crippen LogP contribution in [-0.2, 0) is 0 Å². The van der Waals surface area contributed by atoms with Gasteiger partial charge in [-0.2, -0.15) is 0 Å². The van der Waals surface area contributed by atoms with Gasteiger partial charge in [0.05, 0.1) is 15.8 Å². The van der Waals surface area contributed by atoms with Crippen LogP contribution in [0.2, 0.25) is 0 Å². The van der Waals surface area contributed by atoms with Crippen molar-refractivity contribution < 1.29 is 13.5 Å². The monoisotopic (exact) mass is 328 g/mol. The Balaban J connectivity index is 2.43. The van der Waals surface area contributed by atoms with Gasteiger partial charge in [-0.3, -0.25) is 0 Å². The van der Waals surface area contributed by atoms with Crippen LogP contribution in [0.5, 0.6) is 11.5 Å². The van der Waals surface area contributed by atoms with E-state index in [1.807, 2.05) is 0 Å². The summed E-state index contributed by atoms with van der Waals surface area (Å²) < 4.78 is 32.4. The highest BCUT2D eigenvalue weighted by molar-refractivity contribution is 9.10. The molecule has 6 heteroatoms. The Labute approximate surface area is 117 Å². The van der Waals surface area contributed by atoms with Gasteiger partial charge in [0, 0.05) is 13.1 Å². The minimum atomic E-state index is -0.791. The van der Waals surface area contributed by atoms with E-state index in [0.29, 0.717) is 15.8 Å². The number of nitrogens with two attached hydrogens (primary N) is 1. The maximum Gasteiger partial charge on any atom is 0.168 e. The molecule has 0 aliphatic heterocycles. The quantitative estimate of drug-likeness (QED) is 0.832. The molecule has 0 aliphatic carbocycles. The molecule has 0 bridgehead atoms. The lowest BCUT2D eigenvalue weighted by Crippen LogP contribution is -2.00. The molecule has 0 aromatic heterocycles. The Morgan fingerprint density at radius 3 is 2.58 bits per heavy atom. The molecule has 2 aromatic rings. The van der Waals surface area contributed by atoms with E-state index in [1.54, 1.807) is 19.2 Å². The summed E-state index contributed by atoms with van der Waals surface area (Å²) in [5.41, 5.74) is 6.90. The first-order valence-electron chi connectivity index (χ1n) is 5.41. The number of rotatable bonds is 3. The lowest BCUT2D eigenvalue weighted by Gasteiger charge is -2.14. The largest absolute Gasteiger partial charge is 0.451 e. The lowest BCUT2D eigenvalue weighted by atomic mass is 10.2. The van der Waals surface area contributed by atoms with Gasteiger partial charge >= 0.3 is 0 Å². The molecule has 2 aromatic carbocycles. The molecule has 0 atom stereocenters. The molecule has 0 radical (unpaired) electrons. The minimum Gasteiger partial charge on any atom is -0.451 e. The normalized spacial score (nSPS) is 10.3. The van der Waals surface area contributed by atoms with Gasteiger partial charge in [-0.15, -0.1) is 0 Å². The molecule has 0 amide bonds. The van der Waals surface area contributed by atoms with Crippen molar-refractivity contribution in [2.24, 2.45) is 0 Å². The molecule has 0 fully saturated rings. The molecule has 100 valence electrons. The van der Waals surface area contributed by atoms with E-state index in [9.17, 15) is 8.78 Å². The smallest absolute Gasteiger partial charge is 0.168 e. The zero-order valence-electron chi connectivity index (χ0n) is 10.0.